The van der Waals surface area contributed by atoms with Crippen molar-refractivity contribution in [2.24, 2.45) is 0 Å². The Kier molecular flexibility index (Phi) is 7.52. The summed E-state index contributed by atoms with van der Waals surface area (Å²) in [4.78, 5) is 26.2. The third-order valence-corrected chi connectivity index (χ3v) is 6.08. The van der Waals surface area contributed by atoms with Gasteiger partial charge in [-0.15, -0.1) is 0 Å². The first-order valence-electron chi connectivity index (χ1n) is 11.3. The number of ether oxygens (including phenoxy) is 3. The number of nitrogens with zero attached hydrogens (tertiary/aromatic N) is 2. The van der Waals surface area contributed by atoms with Crippen molar-refractivity contribution < 1.29 is 37.1 Å². The van der Waals surface area contributed by atoms with E-state index in [0.717, 1.165) is 5.56 Å². The highest BCUT2D eigenvalue weighted by Gasteiger charge is 2.35. The molecule has 4 rings (SSSR count). The quantitative estimate of drug-likeness (QED) is 0.592. The van der Waals surface area contributed by atoms with E-state index in [2.05, 4.69) is 10.5 Å². The summed E-state index contributed by atoms with van der Waals surface area (Å²) < 4.78 is 46.6. The first kappa shape index (κ1) is 24.5. The molecular weight excluding hydrogens is 464 g/mol. The SMILES string of the molecule is COc1ccc(C2CC(OC(C)=O)CCC2NC(=O)N2C=c3cnoc3=CC2)cc1OCC(F)F. The van der Waals surface area contributed by atoms with Crippen LogP contribution in [0, 0.1) is 0 Å². The number of amides is 2. The molecule has 3 atom stereocenters. The monoisotopic (exact) mass is 491 g/mol. The zero-order valence-electron chi connectivity index (χ0n) is 19.4. The van der Waals surface area contributed by atoms with E-state index in [0.29, 0.717) is 42.2 Å². The smallest absolute Gasteiger partial charge is 0.321 e. The standard InChI is InChI=1S/C24H27F2N3O6/c1-14(30)34-17-4-5-19(28-24(31)29-8-7-20-16(12-29)11-27-35-20)18(10-17)15-3-6-21(32-2)22(9-15)33-13-23(25)26/h3,6-7,9,11-12,17-19,23H,4-5,8,10,13H2,1-2H3,(H,28,31). The lowest BCUT2D eigenvalue weighted by Crippen LogP contribution is -2.49. The Morgan fingerprint density at radius 2 is 2.11 bits per heavy atom. The van der Waals surface area contributed by atoms with Gasteiger partial charge in [-0.3, -0.25) is 9.69 Å². The molecule has 0 bridgehead atoms. The Morgan fingerprint density at radius 1 is 1.29 bits per heavy atom. The maximum Gasteiger partial charge on any atom is 0.321 e. The van der Waals surface area contributed by atoms with Gasteiger partial charge in [-0.25, -0.2) is 13.6 Å². The minimum Gasteiger partial charge on any atom is -0.493 e. The van der Waals surface area contributed by atoms with Gasteiger partial charge < -0.3 is 24.1 Å². The summed E-state index contributed by atoms with van der Waals surface area (Å²) in [5.41, 5.74) is 1.37. The summed E-state index contributed by atoms with van der Waals surface area (Å²) in [6, 6.07) is 4.51. The van der Waals surface area contributed by atoms with Crippen LogP contribution in [0.2, 0.25) is 0 Å². The lowest BCUT2D eigenvalue weighted by atomic mass is 9.78. The molecule has 35 heavy (non-hydrogen) atoms. The van der Waals surface area contributed by atoms with E-state index in [9.17, 15) is 18.4 Å². The van der Waals surface area contributed by atoms with Crippen LogP contribution >= 0.6 is 0 Å². The van der Waals surface area contributed by atoms with Crippen molar-refractivity contribution >= 4 is 24.3 Å². The average Bonchev–Trinajstić information content (AvgIpc) is 3.31. The lowest BCUT2D eigenvalue weighted by molar-refractivity contribution is -0.148. The molecule has 2 amide bonds. The largest absolute Gasteiger partial charge is 0.493 e. The predicted octanol–water partition coefficient (Wildman–Crippen LogP) is 2.14. The zero-order valence-corrected chi connectivity index (χ0v) is 19.4. The molecule has 1 aliphatic carbocycles. The topological polar surface area (TPSA) is 103 Å². The van der Waals surface area contributed by atoms with Crippen molar-refractivity contribution in [2.75, 3.05) is 20.3 Å². The number of hydrogen-bond acceptors (Lipinski definition) is 7. The number of fused-ring (bicyclic) bond motifs is 1. The Balaban J connectivity index is 1.57. The molecule has 1 aliphatic heterocycles. The number of esters is 1. The molecule has 2 aliphatic rings. The van der Waals surface area contributed by atoms with Crippen LogP contribution in [0.1, 0.15) is 37.7 Å². The van der Waals surface area contributed by atoms with Gasteiger partial charge in [0, 0.05) is 31.6 Å². The van der Waals surface area contributed by atoms with Crippen molar-refractivity contribution in [1.29, 1.82) is 0 Å². The fourth-order valence-corrected chi connectivity index (χ4v) is 4.50. The summed E-state index contributed by atoms with van der Waals surface area (Å²) >= 11 is 0. The fraction of sp³-hybridized carbons (Fsp3) is 0.458. The Morgan fingerprint density at radius 3 is 2.86 bits per heavy atom. The molecular formula is C24H27F2N3O6. The summed E-state index contributed by atoms with van der Waals surface area (Å²) in [7, 11) is 1.43. The van der Waals surface area contributed by atoms with Crippen LogP contribution in [-0.2, 0) is 9.53 Å². The molecule has 2 heterocycles. The van der Waals surface area contributed by atoms with E-state index in [1.54, 1.807) is 30.5 Å². The van der Waals surface area contributed by atoms with Gasteiger partial charge in [0.2, 0.25) is 0 Å². The Bertz CT molecular complexity index is 1180. The average molecular weight is 491 g/mol. The van der Waals surface area contributed by atoms with Gasteiger partial charge >= 0.3 is 12.0 Å². The van der Waals surface area contributed by atoms with E-state index >= 15 is 0 Å². The number of carbonyl (C=O) groups excluding carboxylic acids is 2. The number of methoxy groups -OCH3 is 1. The third kappa shape index (κ3) is 5.90. The predicted molar refractivity (Wildman–Crippen MR) is 120 cm³/mol. The molecule has 3 unspecified atom stereocenters. The van der Waals surface area contributed by atoms with Gasteiger partial charge in [-0.2, -0.15) is 0 Å². The van der Waals surface area contributed by atoms with E-state index in [1.807, 2.05) is 0 Å². The van der Waals surface area contributed by atoms with Crippen LogP contribution in [0.25, 0.3) is 12.3 Å². The molecule has 1 saturated carbocycles. The van der Waals surface area contributed by atoms with Gasteiger partial charge in [0.05, 0.1) is 18.5 Å². The highest BCUT2D eigenvalue weighted by Crippen LogP contribution is 2.39. The first-order chi connectivity index (χ1) is 16.8. The second-order valence-electron chi connectivity index (χ2n) is 8.45. The molecule has 9 nitrogen and oxygen atoms in total. The number of carbonyl (C=O) groups is 2. The number of urea groups is 1. The van der Waals surface area contributed by atoms with E-state index in [-0.39, 0.29) is 35.8 Å². The molecule has 0 radical (unpaired) electrons. The lowest BCUT2D eigenvalue weighted by Gasteiger charge is -2.37. The summed E-state index contributed by atoms with van der Waals surface area (Å²) in [6.07, 6.45) is 3.61. The van der Waals surface area contributed by atoms with Crippen molar-refractivity contribution in [2.45, 2.75) is 50.7 Å². The summed E-state index contributed by atoms with van der Waals surface area (Å²) in [5.74, 6) is -0.124. The molecule has 1 aromatic carbocycles. The molecule has 1 aromatic heterocycles. The molecule has 0 saturated heterocycles. The second-order valence-corrected chi connectivity index (χ2v) is 8.45. The minimum absolute atomic E-state index is 0.184. The number of halogens is 2. The van der Waals surface area contributed by atoms with Crippen LogP contribution in [0.5, 0.6) is 11.5 Å². The molecule has 188 valence electrons. The Hall–Kier alpha value is -3.63. The normalized spacial score (nSPS) is 21.4. The molecule has 11 heteroatoms. The molecule has 2 aromatic rings. The van der Waals surface area contributed by atoms with Gasteiger partial charge in [0.15, 0.2) is 16.9 Å². The zero-order chi connectivity index (χ0) is 24.9. The number of benzene rings is 1. The fourth-order valence-electron chi connectivity index (χ4n) is 4.50. The van der Waals surface area contributed by atoms with Crippen LogP contribution in [-0.4, -0.2) is 60.9 Å². The van der Waals surface area contributed by atoms with Gasteiger partial charge in [0.1, 0.15) is 12.7 Å². The van der Waals surface area contributed by atoms with Gasteiger partial charge in [-0.05, 0) is 43.0 Å². The second kappa shape index (κ2) is 10.7. The van der Waals surface area contributed by atoms with Crippen LogP contribution in [0.3, 0.4) is 0 Å². The summed E-state index contributed by atoms with van der Waals surface area (Å²) in [5, 5.41) is 7.53. The number of alkyl halides is 2. The Labute approximate surface area is 200 Å². The number of aromatic nitrogens is 1. The van der Waals surface area contributed by atoms with Crippen molar-refractivity contribution in [1.82, 2.24) is 15.4 Å². The highest BCUT2D eigenvalue weighted by molar-refractivity contribution is 5.80. The first-order valence-corrected chi connectivity index (χ1v) is 11.3. The van der Waals surface area contributed by atoms with Crippen molar-refractivity contribution in [3.05, 3.63) is 40.6 Å². The van der Waals surface area contributed by atoms with E-state index in [4.69, 9.17) is 18.7 Å². The maximum absolute atomic E-state index is 13.1. The van der Waals surface area contributed by atoms with E-state index < -0.39 is 13.0 Å². The minimum atomic E-state index is -2.64. The summed E-state index contributed by atoms with van der Waals surface area (Å²) in [6.45, 7) is 0.913. The third-order valence-electron chi connectivity index (χ3n) is 6.08. The number of hydrogen-bond donors (Lipinski definition) is 1. The van der Waals surface area contributed by atoms with E-state index in [1.165, 1.54) is 25.1 Å². The van der Waals surface area contributed by atoms with Gasteiger partial charge in [0.25, 0.3) is 6.43 Å². The number of rotatable bonds is 7. The van der Waals surface area contributed by atoms with Crippen molar-refractivity contribution in [3.8, 4) is 11.5 Å². The van der Waals surface area contributed by atoms with Crippen LogP contribution < -0.4 is 25.4 Å². The molecule has 1 N–H and O–H groups in total. The van der Waals surface area contributed by atoms with Crippen molar-refractivity contribution in [3.63, 3.8) is 0 Å². The molecule has 1 fully saturated rings. The molecule has 0 spiro atoms. The van der Waals surface area contributed by atoms with Gasteiger partial charge in [-0.1, -0.05) is 11.2 Å². The highest BCUT2D eigenvalue weighted by atomic mass is 19.3. The maximum atomic E-state index is 13.1. The van der Waals surface area contributed by atoms with Crippen LogP contribution in [0.15, 0.2) is 28.9 Å². The van der Waals surface area contributed by atoms with Crippen LogP contribution in [0.4, 0.5) is 13.6 Å². The number of nitrogens with one attached hydrogen (secondary N) is 1.